The Labute approximate surface area is 162 Å². The van der Waals surface area contributed by atoms with Crippen LogP contribution in [0.5, 0.6) is 0 Å². The lowest BCUT2D eigenvalue weighted by Gasteiger charge is -2.29. The van der Waals surface area contributed by atoms with E-state index in [1.807, 2.05) is 18.2 Å². The second-order valence-electron chi connectivity index (χ2n) is 7.55. The molecule has 1 saturated heterocycles. The van der Waals surface area contributed by atoms with Crippen molar-refractivity contribution in [3.05, 3.63) is 34.9 Å². The maximum Gasteiger partial charge on any atom is 0.226 e. The Kier molecular flexibility index (Phi) is 8.05. The predicted molar refractivity (Wildman–Crippen MR) is 107 cm³/mol. The Morgan fingerprint density at radius 3 is 2.76 bits per heavy atom. The van der Waals surface area contributed by atoms with E-state index in [1.165, 1.54) is 18.4 Å². The van der Waals surface area contributed by atoms with Crippen LogP contribution >= 0.6 is 24.0 Å². The third-order valence-electron chi connectivity index (χ3n) is 5.71. The van der Waals surface area contributed by atoms with Crippen LogP contribution in [-0.2, 0) is 11.2 Å². The van der Waals surface area contributed by atoms with Crippen molar-refractivity contribution in [2.24, 2.45) is 11.3 Å². The van der Waals surface area contributed by atoms with Gasteiger partial charge in [0.05, 0.1) is 5.41 Å². The number of amides is 1. The summed E-state index contributed by atoms with van der Waals surface area (Å²) in [6.45, 7) is 3.05. The van der Waals surface area contributed by atoms with Crippen LogP contribution in [0, 0.1) is 11.3 Å². The number of benzene rings is 1. The van der Waals surface area contributed by atoms with Gasteiger partial charge in [0.15, 0.2) is 0 Å². The third kappa shape index (κ3) is 5.60. The van der Waals surface area contributed by atoms with Gasteiger partial charge < -0.3 is 10.6 Å². The highest BCUT2D eigenvalue weighted by Gasteiger charge is 2.40. The number of rotatable bonds is 6. The summed E-state index contributed by atoms with van der Waals surface area (Å²) < 4.78 is 0. The second-order valence-corrected chi connectivity index (χ2v) is 7.99. The Morgan fingerprint density at radius 1 is 1.28 bits per heavy atom. The second kappa shape index (κ2) is 9.80. The van der Waals surface area contributed by atoms with Gasteiger partial charge in [0.25, 0.3) is 0 Å². The topological polar surface area (TPSA) is 41.1 Å². The van der Waals surface area contributed by atoms with Crippen molar-refractivity contribution >= 4 is 29.9 Å². The number of carbonyl (C=O) groups is 1. The summed E-state index contributed by atoms with van der Waals surface area (Å²) in [5.41, 5.74) is 0.950. The van der Waals surface area contributed by atoms with E-state index in [0.29, 0.717) is 5.92 Å². The quantitative estimate of drug-likeness (QED) is 0.764. The first-order valence-corrected chi connectivity index (χ1v) is 9.79. The van der Waals surface area contributed by atoms with Crippen LogP contribution < -0.4 is 10.6 Å². The average molecular weight is 385 g/mol. The summed E-state index contributed by atoms with van der Waals surface area (Å²) in [5.74, 6) is 0.968. The number of hydrogen-bond acceptors (Lipinski definition) is 2. The number of carbonyl (C=O) groups excluding carboxylic acids is 1. The van der Waals surface area contributed by atoms with Gasteiger partial charge in [-0.3, -0.25) is 4.79 Å². The smallest absolute Gasteiger partial charge is 0.226 e. The minimum Gasteiger partial charge on any atom is -0.356 e. The molecule has 1 atom stereocenters. The van der Waals surface area contributed by atoms with E-state index in [9.17, 15) is 4.79 Å². The van der Waals surface area contributed by atoms with Gasteiger partial charge in [0, 0.05) is 11.6 Å². The lowest BCUT2D eigenvalue weighted by molar-refractivity contribution is -0.130. The summed E-state index contributed by atoms with van der Waals surface area (Å²) >= 11 is 6.12. The van der Waals surface area contributed by atoms with E-state index in [-0.39, 0.29) is 23.7 Å². The summed E-state index contributed by atoms with van der Waals surface area (Å²) in [6.07, 6.45) is 8.75. The minimum atomic E-state index is -0.227. The van der Waals surface area contributed by atoms with Gasteiger partial charge in [-0.05, 0) is 75.2 Å². The summed E-state index contributed by atoms with van der Waals surface area (Å²) in [6, 6.07) is 7.97. The molecule has 1 unspecified atom stereocenters. The average Bonchev–Trinajstić information content (AvgIpc) is 3.05. The molecule has 3 rings (SSSR count). The van der Waals surface area contributed by atoms with E-state index in [0.717, 1.165) is 63.2 Å². The van der Waals surface area contributed by atoms with Gasteiger partial charge in [-0.15, -0.1) is 12.4 Å². The van der Waals surface area contributed by atoms with Gasteiger partial charge in [-0.1, -0.05) is 36.6 Å². The van der Waals surface area contributed by atoms with Crippen LogP contribution in [0.2, 0.25) is 5.02 Å². The largest absolute Gasteiger partial charge is 0.356 e. The molecule has 3 nitrogen and oxygen atoms in total. The van der Waals surface area contributed by atoms with E-state index in [1.54, 1.807) is 0 Å². The van der Waals surface area contributed by atoms with Crippen LogP contribution in [0.15, 0.2) is 24.3 Å². The van der Waals surface area contributed by atoms with Gasteiger partial charge in [-0.2, -0.15) is 0 Å². The van der Waals surface area contributed by atoms with E-state index in [2.05, 4.69) is 16.7 Å². The van der Waals surface area contributed by atoms with Gasteiger partial charge in [-0.25, -0.2) is 0 Å². The molecule has 1 heterocycles. The van der Waals surface area contributed by atoms with Crippen LogP contribution in [-0.4, -0.2) is 25.5 Å². The Hall–Kier alpha value is -0.770. The highest BCUT2D eigenvalue weighted by Crippen LogP contribution is 2.41. The molecule has 0 radical (unpaired) electrons. The fourth-order valence-corrected chi connectivity index (χ4v) is 4.53. The first kappa shape index (κ1) is 20.5. The van der Waals surface area contributed by atoms with Gasteiger partial charge in [0.1, 0.15) is 0 Å². The molecule has 2 aliphatic rings. The SMILES string of the molecule is Cl.O=C(NCCC1CCCNC1)C1(Cc2cccc(Cl)c2)CCCC1. The van der Waals surface area contributed by atoms with Crippen LogP contribution in [0.4, 0.5) is 0 Å². The van der Waals surface area contributed by atoms with Crippen molar-refractivity contribution < 1.29 is 4.79 Å². The molecule has 1 aromatic carbocycles. The van der Waals surface area contributed by atoms with Crippen molar-refractivity contribution in [1.29, 1.82) is 0 Å². The molecule has 0 spiro atoms. The van der Waals surface area contributed by atoms with Crippen molar-refractivity contribution in [3.8, 4) is 0 Å². The van der Waals surface area contributed by atoms with E-state index in [4.69, 9.17) is 11.6 Å². The maximum absolute atomic E-state index is 12.9. The molecular formula is C20H30Cl2N2O. The highest BCUT2D eigenvalue weighted by molar-refractivity contribution is 6.30. The lowest BCUT2D eigenvalue weighted by Crippen LogP contribution is -2.42. The molecule has 1 amide bonds. The van der Waals surface area contributed by atoms with Gasteiger partial charge in [0.2, 0.25) is 5.91 Å². The standard InChI is InChI=1S/C20H29ClN2O.ClH/c21-18-7-3-5-17(13-18)14-20(9-1-2-10-20)19(24)23-12-8-16-6-4-11-22-15-16;/h3,5,7,13,16,22H,1-2,4,6,8-12,14-15H2,(H,23,24);1H. The zero-order valence-electron chi connectivity index (χ0n) is 14.9. The van der Waals surface area contributed by atoms with E-state index >= 15 is 0 Å². The molecule has 25 heavy (non-hydrogen) atoms. The molecule has 1 saturated carbocycles. The van der Waals surface area contributed by atoms with Gasteiger partial charge >= 0.3 is 0 Å². The Bertz CT molecular complexity index is 552. The first-order valence-electron chi connectivity index (χ1n) is 9.41. The number of hydrogen-bond donors (Lipinski definition) is 2. The highest BCUT2D eigenvalue weighted by atomic mass is 35.5. The molecule has 0 bridgehead atoms. The number of piperidine rings is 1. The zero-order valence-corrected chi connectivity index (χ0v) is 16.4. The number of nitrogens with one attached hydrogen (secondary N) is 2. The van der Waals surface area contributed by atoms with E-state index < -0.39 is 0 Å². The molecule has 140 valence electrons. The summed E-state index contributed by atoms with van der Waals surface area (Å²) in [4.78, 5) is 12.9. The Balaban J connectivity index is 0.00000225. The molecule has 1 aliphatic heterocycles. The normalized spacial score (nSPS) is 22.2. The van der Waals surface area contributed by atoms with Crippen LogP contribution in [0.3, 0.4) is 0 Å². The Morgan fingerprint density at radius 2 is 2.08 bits per heavy atom. The first-order chi connectivity index (χ1) is 11.7. The molecule has 0 aromatic heterocycles. The maximum atomic E-state index is 12.9. The van der Waals surface area contributed by atoms with Crippen molar-refractivity contribution in [1.82, 2.24) is 10.6 Å². The molecule has 2 fully saturated rings. The molecular weight excluding hydrogens is 355 g/mol. The number of halogens is 2. The lowest BCUT2D eigenvalue weighted by atomic mass is 9.79. The fraction of sp³-hybridized carbons (Fsp3) is 0.650. The van der Waals surface area contributed by atoms with Crippen molar-refractivity contribution in [2.45, 2.75) is 51.4 Å². The van der Waals surface area contributed by atoms with Crippen molar-refractivity contribution in [3.63, 3.8) is 0 Å². The van der Waals surface area contributed by atoms with Crippen molar-refractivity contribution in [2.75, 3.05) is 19.6 Å². The summed E-state index contributed by atoms with van der Waals surface area (Å²) in [7, 11) is 0. The zero-order chi connectivity index (χ0) is 16.8. The molecule has 2 N–H and O–H groups in total. The molecule has 5 heteroatoms. The third-order valence-corrected chi connectivity index (χ3v) is 5.95. The molecule has 1 aromatic rings. The fourth-order valence-electron chi connectivity index (χ4n) is 4.32. The van der Waals surface area contributed by atoms with Crippen LogP contribution in [0.25, 0.3) is 0 Å². The molecule has 1 aliphatic carbocycles. The van der Waals surface area contributed by atoms with Crippen LogP contribution in [0.1, 0.15) is 50.5 Å². The predicted octanol–water partition coefficient (Wildman–Crippen LogP) is 4.37. The monoisotopic (exact) mass is 384 g/mol. The minimum absolute atomic E-state index is 0. The summed E-state index contributed by atoms with van der Waals surface area (Å²) in [5, 5.41) is 7.45.